The lowest BCUT2D eigenvalue weighted by Gasteiger charge is -2.21. The molecule has 0 aliphatic carbocycles. The zero-order valence-corrected chi connectivity index (χ0v) is 20.9. The Morgan fingerprint density at radius 3 is 2.27 bits per heavy atom. The van der Waals surface area contributed by atoms with Crippen LogP contribution in [-0.2, 0) is 10.2 Å². The lowest BCUT2D eigenvalue weighted by molar-refractivity contribution is -0.123. The maximum Gasteiger partial charge on any atom is 0.258 e. The van der Waals surface area contributed by atoms with E-state index in [0.717, 1.165) is 26.9 Å². The van der Waals surface area contributed by atoms with Gasteiger partial charge < -0.3 is 14.8 Å². The maximum absolute atomic E-state index is 12.5. The first-order valence-corrected chi connectivity index (χ1v) is 11.1. The highest BCUT2D eigenvalue weighted by Gasteiger charge is 2.18. The second kappa shape index (κ2) is 9.86. The van der Waals surface area contributed by atoms with Crippen LogP contribution in [0.1, 0.15) is 75.8 Å². The van der Waals surface area contributed by atoms with Gasteiger partial charge in [-0.25, -0.2) is 0 Å². The van der Waals surface area contributed by atoms with E-state index in [4.69, 9.17) is 9.47 Å². The largest absolute Gasteiger partial charge is 0.496 e. The van der Waals surface area contributed by atoms with Crippen molar-refractivity contribution in [2.45, 2.75) is 65.8 Å². The minimum Gasteiger partial charge on any atom is -0.496 e. The summed E-state index contributed by atoms with van der Waals surface area (Å²) in [6.45, 7) is 14.7. The van der Waals surface area contributed by atoms with Gasteiger partial charge in [-0.2, -0.15) is 0 Å². The second-order valence-corrected chi connectivity index (χ2v) is 9.93. The van der Waals surface area contributed by atoms with E-state index in [-0.39, 0.29) is 24.0 Å². The number of carbonyl (C=O) groups excluding carboxylic acids is 1. The van der Waals surface area contributed by atoms with E-state index in [9.17, 15) is 4.79 Å². The number of rotatable bonds is 7. The van der Waals surface area contributed by atoms with E-state index in [1.165, 1.54) is 5.56 Å². The predicted octanol–water partition coefficient (Wildman–Crippen LogP) is 6.44. The molecular formula is C25H34BrNO3. The summed E-state index contributed by atoms with van der Waals surface area (Å²) < 4.78 is 12.1. The molecule has 0 radical (unpaired) electrons. The molecule has 4 nitrogen and oxygen atoms in total. The molecule has 1 N–H and O–H groups in total. The number of hydrogen-bond donors (Lipinski definition) is 1. The van der Waals surface area contributed by atoms with Crippen molar-refractivity contribution in [1.29, 1.82) is 0 Å². The van der Waals surface area contributed by atoms with Gasteiger partial charge in [0.1, 0.15) is 11.5 Å². The minimum absolute atomic E-state index is 0.0377. The van der Waals surface area contributed by atoms with Crippen molar-refractivity contribution in [3.63, 3.8) is 0 Å². The maximum atomic E-state index is 12.5. The van der Waals surface area contributed by atoms with Crippen molar-refractivity contribution in [2.75, 3.05) is 13.7 Å². The van der Waals surface area contributed by atoms with Crippen LogP contribution in [0.2, 0.25) is 0 Å². The third-order valence-electron chi connectivity index (χ3n) is 5.24. The monoisotopic (exact) mass is 475 g/mol. The molecule has 164 valence electrons. The summed E-state index contributed by atoms with van der Waals surface area (Å²) in [4.78, 5) is 12.5. The number of amides is 1. The summed E-state index contributed by atoms with van der Waals surface area (Å²) in [5.41, 5.74) is 4.57. The molecule has 0 fully saturated rings. The van der Waals surface area contributed by atoms with Gasteiger partial charge in [0.25, 0.3) is 5.91 Å². The Balaban J connectivity index is 2.06. The normalized spacial score (nSPS) is 12.6. The lowest BCUT2D eigenvalue weighted by atomic mass is 9.87. The van der Waals surface area contributed by atoms with E-state index in [2.05, 4.69) is 61.9 Å². The van der Waals surface area contributed by atoms with Gasteiger partial charge in [-0.15, -0.1) is 0 Å². The van der Waals surface area contributed by atoms with Gasteiger partial charge in [-0.05, 0) is 87.6 Å². The highest BCUT2D eigenvalue weighted by atomic mass is 79.9. The zero-order chi connectivity index (χ0) is 22.6. The highest BCUT2D eigenvalue weighted by Crippen LogP contribution is 2.33. The summed E-state index contributed by atoms with van der Waals surface area (Å²) in [5, 5.41) is 3.05. The SMILES string of the molecule is COc1cc(C)c([C@@H](C)NC(=O)COc2ccc(C(C)(C)C)cc2Br)cc1C(C)C. The molecule has 30 heavy (non-hydrogen) atoms. The summed E-state index contributed by atoms with van der Waals surface area (Å²) in [6.07, 6.45) is 0. The fraction of sp³-hybridized carbons (Fsp3) is 0.480. The van der Waals surface area contributed by atoms with Crippen molar-refractivity contribution in [3.8, 4) is 11.5 Å². The Labute approximate surface area is 189 Å². The van der Waals surface area contributed by atoms with Gasteiger partial charge in [0.15, 0.2) is 6.61 Å². The first-order valence-electron chi connectivity index (χ1n) is 10.3. The molecule has 0 saturated heterocycles. The standard InChI is InChI=1S/C25H34BrNO3/c1-15(2)19-13-20(16(3)11-23(19)29-8)17(4)27-24(28)14-30-22-10-9-18(12-21(22)26)25(5,6)7/h9-13,15,17H,14H2,1-8H3,(H,27,28)/t17-/m1/s1. The molecule has 5 heteroatoms. The molecule has 2 aromatic rings. The van der Waals surface area contributed by atoms with Crippen molar-refractivity contribution in [1.82, 2.24) is 5.32 Å². The van der Waals surface area contributed by atoms with Gasteiger partial charge >= 0.3 is 0 Å². The van der Waals surface area contributed by atoms with Gasteiger partial charge in [0.05, 0.1) is 17.6 Å². The summed E-state index contributed by atoms with van der Waals surface area (Å²) in [6, 6.07) is 10.0. The smallest absolute Gasteiger partial charge is 0.258 e. The number of ether oxygens (including phenoxy) is 2. The molecular weight excluding hydrogens is 442 g/mol. The van der Waals surface area contributed by atoms with E-state index < -0.39 is 0 Å². The van der Waals surface area contributed by atoms with E-state index in [1.807, 2.05) is 38.1 Å². The molecule has 0 spiro atoms. The Hall–Kier alpha value is -2.01. The molecule has 0 aliphatic rings. The van der Waals surface area contributed by atoms with Crippen LogP contribution in [0.3, 0.4) is 0 Å². The van der Waals surface area contributed by atoms with Crippen LogP contribution in [-0.4, -0.2) is 19.6 Å². The van der Waals surface area contributed by atoms with E-state index >= 15 is 0 Å². The van der Waals surface area contributed by atoms with Crippen LogP contribution >= 0.6 is 15.9 Å². The van der Waals surface area contributed by atoms with E-state index in [1.54, 1.807) is 7.11 Å². The quantitative estimate of drug-likeness (QED) is 0.500. The first-order chi connectivity index (χ1) is 13.9. The molecule has 0 heterocycles. The van der Waals surface area contributed by atoms with Crippen LogP contribution < -0.4 is 14.8 Å². The Bertz CT molecular complexity index is 900. The number of methoxy groups -OCH3 is 1. The summed E-state index contributed by atoms with van der Waals surface area (Å²) in [7, 11) is 1.69. The molecule has 2 aromatic carbocycles. The van der Waals surface area contributed by atoms with Gasteiger partial charge in [-0.3, -0.25) is 4.79 Å². The predicted molar refractivity (Wildman–Crippen MR) is 127 cm³/mol. The molecule has 1 atom stereocenters. The van der Waals surface area contributed by atoms with Crippen LogP contribution in [0.25, 0.3) is 0 Å². The third kappa shape index (κ3) is 6.00. The summed E-state index contributed by atoms with van der Waals surface area (Å²) in [5.74, 6) is 1.72. The number of hydrogen-bond acceptors (Lipinski definition) is 3. The van der Waals surface area contributed by atoms with Crippen LogP contribution in [0, 0.1) is 6.92 Å². The third-order valence-corrected chi connectivity index (χ3v) is 5.86. The number of aryl methyl sites for hydroxylation is 1. The number of benzene rings is 2. The lowest BCUT2D eigenvalue weighted by Crippen LogP contribution is -2.31. The Morgan fingerprint density at radius 2 is 1.73 bits per heavy atom. The Morgan fingerprint density at radius 1 is 1.07 bits per heavy atom. The van der Waals surface area contributed by atoms with E-state index in [0.29, 0.717) is 11.7 Å². The average Bonchev–Trinajstić information content (AvgIpc) is 2.65. The zero-order valence-electron chi connectivity index (χ0n) is 19.4. The minimum atomic E-state index is -0.157. The molecule has 0 bridgehead atoms. The number of halogens is 1. The van der Waals surface area contributed by atoms with Crippen molar-refractivity contribution < 1.29 is 14.3 Å². The molecule has 0 unspecified atom stereocenters. The van der Waals surface area contributed by atoms with Crippen LogP contribution in [0.5, 0.6) is 11.5 Å². The van der Waals surface area contributed by atoms with Gasteiger partial charge in [0, 0.05) is 0 Å². The number of nitrogens with one attached hydrogen (secondary N) is 1. The van der Waals surface area contributed by atoms with Crippen molar-refractivity contribution in [3.05, 3.63) is 57.1 Å². The molecule has 1 amide bonds. The fourth-order valence-corrected chi connectivity index (χ4v) is 3.89. The Kier molecular flexibility index (Phi) is 7.98. The fourth-order valence-electron chi connectivity index (χ4n) is 3.40. The van der Waals surface area contributed by atoms with Crippen molar-refractivity contribution >= 4 is 21.8 Å². The molecule has 0 aromatic heterocycles. The molecule has 0 saturated carbocycles. The molecule has 0 aliphatic heterocycles. The van der Waals surface area contributed by atoms with Crippen molar-refractivity contribution in [2.24, 2.45) is 0 Å². The highest BCUT2D eigenvalue weighted by molar-refractivity contribution is 9.10. The summed E-state index contributed by atoms with van der Waals surface area (Å²) >= 11 is 3.55. The van der Waals surface area contributed by atoms with Crippen LogP contribution in [0.4, 0.5) is 0 Å². The second-order valence-electron chi connectivity index (χ2n) is 9.08. The topological polar surface area (TPSA) is 47.6 Å². The molecule has 2 rings (SSSR count). The first kappa shape index (κ1) is 24.3. The van der Waals surface area contributed by atoms with Gasteiger partial charge in [0.2, 0.25) is 0 Å². The average molecular weight is 476 g/mol. The number of carbonyl (C=O) groups is 1. The van der Waals surface area contributed by atoms with Crippen LogP contribution in [0.15, 0.2) is 34.8 Å². The van der Waals surface area contributed by atoms with Gasteiger partial charge in [-0.1, -0.05) is 40.7 Å².